The average Bonchev–Trinajstić information content (AvgIpc) is 2.98. The molecule has 0 aliphatic rings. The van der Waals surface area contributed by atoms with E-state index in [1.54, 1.807) is 0 Å². The highest BCUT2D eigenvalue weighted by Gasteiger charge is 2.04. The second-order valence-corrected chi connectivity index (χ2v) is 10.6. The van der Waals surface area contributed by atoms with Crippen molar-refractivity contribution >= 4 is 0 Å². The van der Waals surface area contributed by atoms with Crippen LogP contribution in [0.4, 0.5) is 0 Å². The second kappa shape index (κ2) is 15.3. The number of hydrogen-bond acceptors (Lipinski definition) is 4. The Hall–Kier alpha value is -3.60. The maximum absolute atomic E-state index is 9.47. The van der Waals surface area contributed by atoms with Crippen LogP contribution in [-0.4, -0.2) is 35.6 Å². The SMILES string of the molecule is CC(O)CCc1ccc(-c2ccc(OCCCCOc3ccc(-c4ccc(CCC(C)O)cc4)cc3)cc2)cc1. The molecule has 2 unspecified atom stereocenters. The zero-order valence-electron chi connectivity index (χ0n) is 23.8. The summed E-state index contributed by atoms with van der Waals surface area (Å²) < 4.78 is 11.9. The van der Waals surface area contributed by atoms with Crippen LogP contribution in [0, 0.1) is 0 Å². The smallest absolute Gasteiger partial charge is 0.119 e. The van der Waals surface area contributed by atoms with E-state index in [-0.39, 0.29) is 12.2 Å². The molecule has 0 radical (unpaired) electrons. The van der Waals surface area contributed by atoms with Crippen LogP contribution in [0.5, 0.6) is 11.5 Å². The largest absolute Gasteiger partial charge is 0.494 e. The van der Waals surface area contributed by atoms with E-state index in [0.717, 1.165) is 50.0 Å². The Morgan fingerprint density at radius 1 is 0.475 bits per heavy atom. The molecule has 4 aromatic rings. The third kappa shape index (κ3) is 9.55. The van der Waals surface area contributed by atoms with Crippen LogP contribution in [0.2, 0.25) is 0 Å². The molecule has 0 aliphatic carbocycles. The van der Waals surface area contributed by atoms with E-state index < -0.39 is 0 Å². The molecule has 0 heterocycles. The summed E-state index contributed by atoms with van der Waals surface area (Å²) in [5.74, 6) is 1.76. The molecule has 0 bridgehead atoms. The molecule has 40 heavy (non-hydrogen) atoms. The van der Waals surface area contributed by atoms with Crippen molar-refractivity contribution in [3.05, 3.63) is 108 Å². The van der Waals surface area contributed by atoms with Gasteiger partial charge < -0.3 is 19.7 Å². The van der Waals surface area contributed by atoms with Crippen LogP contribution in [0.25, 0.3) is 22.3 Å². The predicted octanol–water partition coefficient (Wildman–Crippen LogP) is 7.89. The first-order valence-electron chi connectivity index (χ1n) is 14.5. The summed E-state index contributed by atoms with van der Waals surface area (Å²) in [4.78, 5) is 0. The maximum atomic E-state index is 9.47. The molecule has 4 rings (SSSR count). The summed E-state index contributed by atoms with van der Waals surface area (Å²) in [6.45, 7) is 4.98. The van der Waals surface area contributed by atoms with E-state index in [0.29, 0.717) is 13.2 Å². The number of benzene rings is 4. The Morgan fingerprint density at radius 2 is 0.775 bits per heavy atom. The lowest BCUT2D eigenvalue weighted by Crippen LogP contribution is -2.02. The molecule has 0 saturated heterocycles. The number of aryl methyl sites for hydroxylation is 2. The molecule has 2 atom stereocenters. The van der Waals surface area contributed by atoms with Crippen LogP contribution in [0.3, 0.4) is 0 Å². The van der Waals surface area contributed by atoms with Crippen LogP contribution in [-0.2, 0) is 12.8 Å². The fourth-order valence-electron chi connectivity index (χ4n) is 4.55. The minimum Gasteiger partial charge on any atom is -0.494 e. The van der Waals surface area contributed by atoms with Gasteiger partial charge in [-0.25, -0.2) is 0 Å². The molecule has 0 aliphatic heterocycles. The number of rotatable bonds is 15. The number of ether oxygens (including phenoxy) is 2. The Bertz CT molecular complexity index is 1160. The Kier molecular flexibility index (Phi) is 11.2. The van der Waals surface area contributed by atoms with E-state index in [1.165, 1.54) is 33.4 Å². The first-order valence-corrected chi connectivity index (χ1v) is 14.5. The van der Waals surface area contributed by atoms with E-state index in [2.05, 4.69) is 72.8 Å². The molecule has 4 nitrogen and oxygen atoms in total. The lowest BCUT2D eigenvalue weighted by atomic mass is 10.0. The third-order valence-electron chi connectivity index (χ3n) is 7.06. The van der Waals surface area contributed by atoms with Crippen molar-refractivity contribution in [2.24, 2.45) is 0 Å². The zero-order chi connectivity index (χ0) is 28.2. The van der Waals surface area contributed by atoms with Gasteiger partial charge in [-0.3, -0.25) is 0 Å². The van der Waals surface area contributed by atoms with E-state index >= 15 is 0 Å². The van der Waals surface area contributed by atoms with Crippen LogP contribution in [0.1, 0.15) is 50.7 Å². The maximum Gasteiger partial charge on any atom is 0.119 e. The van der Waals surface area contributed by atoms with Crippen LogP contribution < -0.4 is 9.47 Å². The molecular formula is C36H42O4. The highest BCUT2D eigenvalue weighted by atomic mass is 16.5. The van der Waals surface area contributed by atoms with Crippen LogP contribution >= 0.6 is 0 Å². The predicted molar refractivity (Wildman–Crippen MR) is 164 cm³/mol. The minimum absolute atomic E-state index is 0.263. The van der Waals surface area contributed by atoms with Crippen molar-refractivity contribution in [3.8, 4) is 33.8 Å². The topological polar surface area (TPSA) is 58.9 Å². The van der Waals surface area contributed by atoms with E-state index in [9.17, 15) is 10.2 Å². The van der Waals surface area contributed by atoms with Crippen molar-refractivity contribution < 1.29 is 19.7 Å². The number of unbranched alkanes of at least 4 members (excludes halogenated alkanes) is 1. The van der Waals surface area contributed by atoms with Crippen LogP contribution in [0.15, 0.2) is 97.1 Å². The van der Waals surface area contributed by atoms with Crippen molar-refractivity contribution in [3.63, 3.8) is 0 Å². The van der Waals surface area contributed by atoms with E-state index in [4.69, 9.17) is 9.47 Å². The van der Waals surface area contributed by atoms with Crippen molar-refractivity contribution in [1.82, 2.24) is 0 Å². The molecule has 0 fully saturated rings. The van der Waals surface area contributed by atoms with Gasteiger partial charge in [-0.1, -0.05) is 72.8 Å². The molecule has 4 heteroatoms. The lowest BCUT2D eigenvalue weighted by molar-refractivity contribution is 0.184. The van der Waals surface area contributed by atoms with Gasteiger partial charge in [0.25, 0.3) is 0 Å². The molecule has 0 saturated carbocycles. The molecule has 2 N–H and O–H groups in total. The van der Waals surface area contributed by atoms with Gasteiger partial charge in [0.15, 0.2) is 0 Å². The second-order valence-electron chi connectivity index (χ2n) is 10.6. The Labute approximate surface area is 239 Å². The fourth-order valence-corrected chi connectivity index (χ4v) is 4.55. The summed E-state index contributed by atoms with van der Waals surface area (Å²) in [7, 11) is 0. The number of aliphatic hydroxyl groups is 2. The Balaban J connectivity index is 1.13. The normalized spacial score (nSPS) is 12.6. The van der Waals surface area contributed by atoms with Crippen molar-refractivity contribution in [2.75, 3.05) is 13.2 Å². The molecule has 0 spiro atoms. The number of hydrogen-bond donors (Lipinski definition) is 2. The van der Waals surface area contributed by atoms with Gasteiger partial charge in [-0.2, -0.15) is 0 Å². The summed E-state index contributed by atoms with van der Waals surface area (Å²) in [6, 6.07) is 33.6. The van der Waals surface area contributed by atoms with Gasteiger partial charge in [-0.05, 0) is 110 Å². The van der Waals surface area contributed by atoms with Crippen molar-refractivity contribution in [1.29, 1.82) is 0 Å². The molecule has 0 amide bonds. The quantitative estimate of drug-likeness (QED) is 0.151. The minimum atomic E-state index is -0.263. The summed E-state index contributed by atoms with van der Waals surface area (Å²) in [5.41, 5.74) is 7.19. The standard InChI is InChI=1S/C36H42O4/c1-27(37)5-7-29-9-13-31(14-10-29)33-17-21-35(22-18-33)39-25-3-4-26-40-36-23-19-34(20-24-36)32-15-11-30(12-16-32)8-6-28(2)38/h9-24,27-28,37-38H,3-8,25-26H2,1-2H3. The zero-order valence-corrected chi connectivity index (χ0v) is 23.8. The fraction of sp³-hybridized carbons (Fsp3) is 0.333. The summed E-state index contributed by atoms with van der Waals surface area (Å²) in [6.07, 6.45) is 4.68. The van der Waals surface area contributed by atoms with Gasteiger partial charge in [0.2, 0.25) is 0 Å². The molecular weight excluding hydrogens is 496 g/mol. The molecule has 0 aromatic heterocycles. The van der Waals surface area contributed by atoms with Gasteiger partial charge in [-0.15, -0.1) is 0 Å². The van der Waals surface area contributed by atoms with Gasteiger partial charge in [0.1, 0.15) is 11.5 Å². The molecule has 4 aromatic carbocycles. The monoisotopic (exact) mass is 538 g/mol. The summed E-state index contributed by atoms with van der Waals surface area (Å²) >= 11 is 0. The average molecular weight is 539 g/mol. The van der Waals surface area contributed by atoms with Gasteiger partial charge in [0, 0.05) is 0 Å². The molecule has 210 valence electrons. The highest BCUT2D eigenvalue weighted by molar-refractivity contribution is 5.65. The van der Waals surface area contributed by atoms with Gasteiger partial charge in [0.05, 0.1) is 25.4 Å². The highest BCUT2D eigenvalue weighted by Crippen LogP contribution is 2.25. The summed E-state index contributed by atoms with van der Waals surface area (Å²) in [5, 5.41) is 18.9. The van der Waals surface area contributed by atoms with Crippen molar-refractivity contribution in [2.45, 2.75) is 64.6 Å². The first-order chi connectivity index (χ1) is 19.5. The van der Waals surface area contributed by atoms with Gasteiger partial charge >= 0.3 is 0 Å². The third-order valence-corrected chi connectivity index (χ3v) is 7.06. The first kappa shape index (κ1) is 29.4. The number of aliphatic hydroxyl groups excluding tert-OH is 2. The Morgan fingerprint density at radius 3 is 1.07 bits per heavy atom. The van der Waals surface area contributed by atoms with E-state index in [1.807, 2.05) is 38.1 Å². The lowest BCUT2D eigenvalue weighted by Gasteiger charge is -2.10.